The van der Waals surface area contributed by atoms with Crippen molar-refractivity contribution in [2.45, 2.75) is 13.8 Å². The van der Waals surface area contributed by atoms with E-state index in [2.05, 4.69) is 10.6 Å². The zero-order chi connectivity index (χ0) is 14.3. The molecule has 1 aromatic heterocycles. The Morgan fingerprint density at radius 1 is 1.32 bits per heavy atom. The Balaban J connectivity index is 2.21. The van der Waals surface area contributed by atoms with E-state index < -0.39 is 0 Å². The molecular formula is C13H17ClN2O2S. The molecule has 0 aliphatic carbocycles. The molecule has 0 aliphatic heterocycles. The van der Waals surface area contributed by atoms with E-state index in [1.54, 1.807) is 12.1 Å². The van der Waals surface area contributed by atoms with Gasteiger partial charge in [0.15, 0.2) is 0 Å². The van der Waals surface area contributed by atoms with Crippen LogP contribution in [-0.2, 0) is 9.59 Å². The van der Waals surface area contributed by atoms with Crippen LogP contribution in [0.4, 0.5) is 0 Å². The van der Waals surface area contributed by atoms with Crippen LogP contribution in [0, 0.1) is 5.92 Å². The highest BCUT2D eigenvalue weighted by molar-refractivity contribution is 7.17. The maximum Gasteiger partial charge on any atom is 0.244 e. The van der Waals surface area contributed by atoms with Crippen LogP contribution in [0.3, 0.4) is 0 Å². The number of thiophene rings is 1. The summed E-state index contributed by atoms with van der Waals surface area (Å²) in [4.78, 5) is 23.6. The Bertz CT molecular complexity index is 469. The molecule has 0 aliphatic rings. The van der Waals surface area contributed by atoms with Crippen LogP contribution in [0.15, 0.2) is 18.2 Å². The van der Waals surface area contributed by atoms with E-state index in [-0.39, 0.29) is 17.7 Å². The number of hydrogen-bond acceptors (Lipinski definition) is 3. The molecule has 104 valence electrons. The maximum atomic E-state index is 11.5. The van der Waals surface area contributed by atoms with Gasteiger partial charge >= 0.3 is 0 Å². The van der Waals surface area contributed by atoms with Gasteiger partial charge in [0.25, 0.3) is 0 Å². The molecule has 1 aromatic rings. The standard InChI is InChI=1S/C13H17ClN2O2S/c1-9(2)13(18)16-8-7-15-12(17)6-4-10-3-5-11(14)19-10/h3-6,9H,7-8H2,1-2H3,(H,15,17)(H,16,18)/b6-4+. The molecule has 0 saturated carbocycles. The Morgan fingerprint density at radius 3 is 2.58 bits per heavy atom. The fraction of sp³-hybridized carbons (Fsp3) is 0.385. The first-order valence-corrected chi connectivity index (χ1v) is 7.17. The fourth-order valence-corrected chi connectivity index (χ4v) is 2.17. The highest BCUT2D eigenvalue weighted by Crippen LogP contribution is 2.22. The van der Waals surface area contributed by atoms with Crippen molar-refractivity contribution in [1.82, 2.24) is 10.6 Å². The zero-order valence-corrected chi connectivity index (χ0v) is 12.5. The molecule has 1 heterocycles. The van der Waals surface area contributed by atoms with E-state index in [0.29, 0.717) is 17.4 Å². The first-order valence-electron chi connectivity index (χ1n) is 5.98. The predicted molar refractivity (Wildman–Crippen MR) is 79.2 cm³/mol. The lowest BCUT2D eigenvalue weighted by Crippen LogP contribution is -2.35. The maximum absolute atomic E-state index is 11.5. The van der Waals surface area contributed by atoms with Gasteiger partial charge in [0.1, 0.15) is 0 Å². The van der Waals surface area contributed by atoms with Crippen molar-refractivity contribution in [3.05, 3.63) is 27.4 Å². The van der Waals surface area contributed by atoms with E-state index >= 15 is 0 Å². The van der Waals surface area contributed by atoms with Crippen molar-refractivity contribution in [2.24, 2.45) is 5.92 Å². The molecule has 0 bridgehead atoms. The van der Waals surface area contributed by atoms with Crippen molar-refractivity contribution >= 4 is 40.8 Å². The number of carbonyl (C=O) groups is 2. The van der Waals surface area contributed by atoms with E-state index in [9.17, 15) is 9.59 Å². The summed E-state index contributed by atoms with van der Waals surface area (Å²) in [7, 11) is 0. The van der Waals surface area contributed by atoms with Gasteiger partial charge in [0, 0.05) is 30.0 Å². The average Bonchev–Trinajstić information content (AvgIpc) is 2.77. The van der Waals surface area contributed by atoms with Gasteiger partial charge in [-0.05, 0) is 18.2 Å². The molecule has 1 rings (SSSR count). The van der Waals surface area contributed by atoms with Crippen molar-refractivity contribution in [1.29, 1.82) is 0 Å². The molecule has 0 unspecified atom stereocenters. The monoisotopic (exact) mass is 300 g/mol. The summed E-state index contributed by atoms with van der Waals surface area (Å²) in [5, 5.41) is 5.41. The number of hydrogen-bond donors (Lipinski definition) is 2. The molecule has 2 amide bonds. The smallest absolute Gasteiger partial charge is 0.244 e. The second-order valence-electron chi connectivity index (χ2n) is 4.21. The van der Waals surface area contributed by atoms with Crippen LogP contribution >= 0.6 is 22.9 Å². The van der Waals surface area contributed by atoms with Gasteiger partial charge < -0.3 is 10.6 Å². The molecule has 6 heteroatoms. The Morgan fingerprint density at radius 2 is 2.00 bits per heavy atom. The molecule has 0 aromatic carbocycles. The second kappa shape index (κ2) is 7.96. The number of halogens is 1. The SMILES string of the molecule is CC(C)C(=O)NCCNC(=O)/C=C/c1ccc(Cl)s1. The highest BCUT2D eigenvalue weighted by Gasteiger charge is 2.04. The molecule has 0 radical (unpaired) electrons. The van der Waals surface area contributed by atoms with Crippen molar-refractivity contribution in [3.8, 4) is 0 Å². The van der Waals surface area contributed by atoms with Gasteiger partial charge in [-0.25, -0.2) is 0 Å². The van der Waals surface area contributed by atoms with Crippen LogP contribution in [0.25, 0.3) is 6.08 Å². The van der Waals surface area contributed by atoms with Gasteiger partial charge in [-0.2, -0.15) is 0 Å². The summed E-state index contributed by atoms with van der Waals surface area (Å²) in [5.74, 6) is -0.250. The second-order valence-corrected chi connectivity index (χ2v) is 5.96. The van der Waals surface area contributed by atoms with Gasteiger partial charge in [-0.1, -0.05) is 25.4 Å². The Hall–Kier alpha value is -1.33. The van der Waals surface area contributed by atoms with Crippen molar-refractivity contribution < 1.29 is 9.59 Å². The van der Waals surface area contributed by atoms with Crippen LogP contribution in [0.2, 0.25) is 4.34 Å². The third kappa shape index (κ3) is 6.40. The van der Waals surface area contributed by atoms with Gasteiger partial charge in [-0.15, -0.1) is 11.3 Å². The number of amides is 2. The van der Waals surface area contributed by atoms with Gasteiger partial charge in [0.05, 0.1) is 4.34 Å². The average molecular weight is 301 g/mol. The van der Waals surface area contributed by atoms with Gasteiger partial charge in [0.2, 0.25) is 11.8 Å². The molecule has 0 fully saturated rings. The van der Waals surface area contributed by atoms with E-state index in [1.165, 1.54) is 17.4 Å². The predicted octanol–water partition coefficient (Wildman–Crippen LogP) is 2.30. The summed E-state index contributed by atoms with van der Waals surface area (Å²) in [6, 6.07) is 3.63. The minimum Gasteiger partial charge on any atom is -0.354 e. The van der Waals surface area contributed by atoms with Crippen LogP contribution in [0.5, 0.6) is 0 Å². The molecular weight excluding hydrogens is 284 g/mol. The zero-order valence-electron chi connectivity index (χ0n) is 10.9. The minimum atomic E-state index is -0.191. The summed E-state index contributed by atoms with van der Waals surface area (Å²) in [6.45, 7) is 4.49. The minimum absolute atomic E-state index is 0.0157. The van der Waals surface area contributed by atoms with Crippen LogP contribution in [0.1, 0.15) is 18.7 Å². The summed E-state index contributed by atoms with van der Waals surface area (Å²) < 4.78 is 0.691. The molecule has 4 nitrogen and oxygen atoms in total. The topological polar surface area (TPSA) is 58.2 Å². The highest BCUT2D eigenvalue weighted by atomic mass is 35.5. The van der Waals surface area contributed by atoms with Crippen LogP contribution < -0.4 is 10.6 Å². The van der Waals surface area contributed by atoms with Crippen molar-refractivity contribution in [3.63, 3.8) is 0 Å². The quantitative estimate of drug-likeness (QED) is 0.625. The largest absolute Gasteiger partial charge is 0.354 e. The third-order valence-electron chi connectivity index (χ3n) is 2.24. The molecule has 0 spiro atoms. The molecule has 19 heavy (non-hydrogen) atoms. The lowest BCUT2D eigenvalue weighted by Gasteiger charge is -2.07. The summed E-state index contributed by atoms with van der Waals surface area (Å²) >= 11 is 7.18. The first-order chi connectivity index (χ1) is 8.99. The van der Waals surface area contributed by atoms with Crippen molar-refractivity contribution in [2.75, 3.05) is 13.1 Å². The van der Waals surface area contributed by atoms with E-state index in [4.69, 9.17) is 11.6 Å². The van der Waals surface area contributed by atoms with Crippen LogP contribution in [-0.4, -0.2) is 24.9 Å². The molecule has 2 N–H and O–H groups in total. The normalized spacial score (nSPS) is 10.9. The number of nitrogens with one attached hydrogen (secondary N) is 2. The number of rotatable bonds is 6. The molecule has 0 saturated heterocycles. The first kappa shape index (κ1) is 15.7. The van der Waals surface area contributed by atoms with E-state index in [1.807, 2.05) is 19.9 Å². The van der Waals surface area contributed by atoms with Gasteiger partial charge in [-0.3, -0.25) is 9.59 Å². The number of carbonyl (C=O) groups excluding carboxylic acids is 2. The third-order valence-corrected chi connectivity index (χ3v) is 3.44. The lowest BCUT2D eigenvalue weighted by atomic mass is 10.2. The Kier molecular flexibility index (Phi) is 6.59. The fourth-order valence-electron chi connectivity index (χ4n) is 1.21. The summed E-state index contributed by atoms with van der Waals surface area (Å²) in [6.07, 6.45) is 3.16. The summed E-state index contributed by atoms with van der Waals surface area (Å²) in [5.41, 5.74) is 0. The Labute approximate surface area is 121 Å². The van der Waals surface area contributed by atoms with E-state index in [0.717, 1.165) is 4.88 Å². The molecule has 0 atom stereocenters. The lowest BCUT2D eigenvalue weighted by molar-refractivity contribution is -0.124.